The second-order valence-corrected chi connectivity index (χ2v) is 9.77. The molecule has 2 aromatic carbocycles. The van der Waals surface area contributed by atoms with Gasteiger partial charge in [0.15, 0.2) is 11.5 Å². The summed E-state index contributed by atoms with van der Waals surface area (Å²) in [6.07, 6.45) is 4.02. The lowest BCUT2D eigenvalue weighted by atomic mass is 10.1. The first-order chi connectivity index (χ1) is 15.9. The quantitative estimate of drug-likeness (QED) is 0.506. The number of nitrogens with one attached hydrogen (secondary N) is 3. The fourth-order valence-electron chi connectivity index (χ4n) is 3.87. The summed E-state index contributed by atoms with van der Waals surface area (Å²) in [6, 6.07) is 11.0. The fraction of sp³-hybridized carbons (Fsp3) is 0.391. The van der Waals surface area contributed by atoms with E-state index in [-0.39, 0.29) is 35.7 Å². The van der Waals surface area contributed by atoms with Crippen LogP contribution in [0.3, 0.4) is 0 Å². The van der Waals surface area contributed by atoms with Crippen LogP contribution in [-0.2, 0) is 14.8 Å². The summed E-state index contributed by atoms with van der Waals surface area (Å²) in [5, 5.41) is 5.57. The normalized spacial score (nSPS) is 15.8. The number of sulfonamides is 1. The van der Waals surface area contributed by atoms with Gasteiger partial charge in [-0.2, -0.15) is 0 Å². The maximum Gasteiger partial charge on any atom is 0.251 e. The van der Waals surface area contributed by atoms with Gasteiger partial charge in [0.2, 0.25) is 15.9 Å². The number of anilines is 1. The number of hydrogen-bond acceptors (Lipinski definition) is 6. The average Bonchev–Trinajstić information content (AvgIpc) is 3.37. The van der Waals surface area contributed by atoms with E-state index in [1.807, 2.05) is 0 Å². The van der Waals surface area contributed by atoms with Crippen LogP contribution >= 0.6 is 0 Å². The number of amides is 2. The minimum Gasteiger partial charge on any atom is -0.486 e. The van der Waals surface area contributed by atoms with Gasteiger partial charge in [-0.05, 0) is 49.2 Å². The van der Waals surface area contributed by atoms with E-state index in [9.17, 15) is 18.0 Å². The monoisotopic (exact) mass is 473 g/mol. The van der Waals surface area contributed by atoms with Crippen LogP contribution in [0.5, 0.6) is 11.5 Å². The van der Waals surface area contributed by atoms with Gasteiger partial charge in [0.25, 0.3) is 5.91 Å². The Morgan fingerprint density at radius 3 is 2.33 bits per heavy atom. The first kappa shape index (κ1) is 23.1. The standard InChI is InChI=1S/C23H27N3O6S/c27-22(17-5-7-18(8-6-17)26-23(28)16-3-1-2-4-16)24-11-12-25-33(29,30)19-9-10-20-21(15-19)32-14-13-31-20/h5-10,15-16,25H,1-4,11-14H2,(H,24,27)(H,26,28). The molecule has 9 nitrogen and oxygen atoms in total. The van der Waals surface area contributed by atoms with E-state index in [1.54, 1.807) is 30.3 Å². The van der Waals surface area contributed by atoms with Crippen LogP contribution in [0.25, 0.3) is 0 Å². The molecule has 0 radical (unpaired) electrons. The Bertz CT molecular complexity index is 1110. The molecule has 10 heteroatoms. The molecule has 2 aliphatic rings. The van der Waals surface area contributed by atoms with Crippen molar-refractivity contribution in [3.05, 3.63) is 48.0 Å². The topological polar surface area (TPSA) is 123 Å². The van der Waals surface area contributed by atoms with E-state index in [0.29, 0.717) is 36.0 Å². The Hall–Kier alpha value is -3.11. The Morgan fingerprint density at radius 1 is 0.909 bits per heavy atom. The van der Waals surface area contributed by atoms with Crippen molar-refractivity contribution >= 4 is 27.5 Å². The average molecular weight is 474 g/mol. The summed E-state index contributed by atoms with van der Waals surface area (Å²) >= 11 is 0. The first-order valence-electron chi connectivity index (χ1n) is 11.0. The minimum atomic E-state index is -3.76. The van der Waals surface area contributed by atoms with Crippen molar-refractivity contribution in [2.45, 2.75) is 30.6 Å². The van der Waals surface area contributed by atoms with E-state index < -0.39 is 10.0 Å². The van der Waals surface area contributed by atoms with E-state index in [1.165, 1.54) is 12.1 Å². The summed E-state index contributed by atoms with van der Waals surface area (Å²) in [6.45, 7) is 0.930. The molecule has 176 valence electrons. The summed E-state index contributed by atoms with van der Waals surface area (Å²) in [4.78, 5) is 24.6. The van der Waals surface area contributed by atoms with E-state index >= 15 is 0 Å². The zero-order chi connectivity index (χ0) is 23.3. The van der Waals surface area contributed by atoms with Gasteiger partial charge in [-0.3, -0.25) is 9.59 Å². The molecule has 0 aromatic heterocycles. The highest BCUT2D eigenvalue weighted by atomic mass is 32.2. The predicted octanol–water partition coefficient (Wildman–Crippen LogP) is 2.29. The van der Waals surface area contributed by atoms with Crippen molar-refractivity contribution in [2.24, 2.45) is 5.92 Å². The van der Waals surface area contributed by atoms with Crippen molar-refractivity contribution in [1.82, 2.24) is 10.0 Å². The minimum absolute atomic E-state index is 0.0231. The molecule has 1 aliphatic carbocycles. The van der Waals surface area contributed by atoms with Crippen molar-refractivity contribution in [2.75, 3.05) is 31.6 Å². The number of carbonyl (C=O) groups excluding carboxylic acids is 2. The number of rotatable bonds is 8. The van der Waals surface area contributed by atoms with Crippen molar-refractivity contribution < 1.29 is 27.5 Å². The second-order valence-electron chi connectivity index (χ2n) is 8.01. The maximum absolute atomic E-state index is 12.5. The van der Waals surface area contributed by atoms with E-state index in [0.717, 1.165) is 25.7 Å². The smallest absolute Gasteiger partial charge is 0.251 e. The Kier molecular flexibility index (Phi) is 7.14. The van der Waals surface area contributed by atoms with Crippen LogP contribution in [0, 0.1) is 5.92 Å². The number of carbonyl (C=O) groups is 2. The molecule has 2 amide bonds. The maximum atomic E-state index is 12.5. The Balaban J connectivity index is 1.24. The third-order valence-corrected chi connectivity index (χ3v) is 7.13. The van der Waals surface area contributed by atoms with Gasteiger partial charge < -0.3 is 20.1 Å². The van der Waals surface area contributed by atoms with Crippen LogP contribution in [0.15, 0.2) is 47.4 Å². The highest BCUT2D eigenvalue weighted by Crippen LogP contribution is 2.32. The van der Waals surface area contributed by atoms with Gasteiger partial charge in [0, 0.05) is 36.3 Å². The molecule has 0 atom stereocenters. The van der Waals surface area contributed by atoms with Crippen molar-refractivity contribution in [3.8, 4) is 11.5 Å². The molecule has 4 rings (SSSR count). The molecule has 0 saturated heterocycles. The van der Waals surface area contributed by atoms with E-state index in [4.69, 9.17) is 9.47 Å². The number of fused-ring (bicyclic) bond motifs is 1. The van der Waals surface area contributed by atoms with Crippen molar-refractivity contribution in [1.29, 1.82) is 0 Å². The molecular formula is C23H27N3O6S. The molecule has 0 spiro atoms. The van der Waals surface area contributed by atoms with Gasteiger partial charge in [-0.1, -0.05) is 12.8 Å². The lowest BCUT2D eigenvalue weighted by molar-refractivity contribution is -0.119. The fourth-order valence-corrected chi connectivity index (χ4v) is 4.92. The highest BCUT2D eigenvalue weighted by molar-refractivity contribution is 7.89. The van der Waals surface area contributed by atoms with Gasteiger partial charge >= 0.3 is 0 Å². The SMILES string of the molecule is O=C(NCCNS(=O)(=O)c1ccc2c(c1)OCCO2)c1ccc(NC(=O)C2CCCC2)cc1. The van der Waals surface area contributed by atoms with Gasteiger partial charge in [-0.25, -0.2) is 13.1 Å². The van der Waals surface area contributed by atoms with Gasteiger partial charge in [-0.15, -0.1) is 0 Å². The molecular weight excluding hydrogens is 446 g/mol. The molecule has 2 aromatic rings. The molecule has 0 unspecified atom stereocenters. The van der Waals surface area contributed by atoms with Crippen molar-refractivity contribution in [3.63, 3.8) is 0 Å². The largest absolute Gasteiger partial charge is 0.486 e. The lowest BCUT2D eigenvalue weighted by Gasteiger charge is -2.19. The van der Waals surface area contributed by atoms with Crippen LogP contribution in [0.2, 0.25) is 0 Å². The molecule has 33 heavy (non-hydrogen) atoms. The molecule has 1 heterocycles. The lowest BCUT2D eigenvalue weighted by Crippen LogP contribution is -2.34. The zero-order valence-electron chi connectivity index (χ0n) is 18.1. The summed E-state index contributed by atoms with van der Waals surface area (Å²) < 4.78 is 38.3. The van der Waals surface area contributed by atoms with E-state index in [2.05, 4.69) is 15.4 Å². The molecule has 3 N–H and O–H groups in total. The second kappa shape index (κ2) is 10.2. The summed E-state index contributed by atoms with van der Waals surface area (Å²) in [5.41, 5.74) is 1.07. The molecule has 0 bridgehead atoms. The molecule has 1 saturated carbocycles. The Labute approximate surface area is 192 Å². The van der Waals surface area contributed by atoms with Gasteiger partial charge in [0.1, 0.15) is 13.2 Å². The summed E-state index contributed by atoms with van der Waals surface area (Å²) in [7, 11) is -3.76. The van der Waals surface area contributed by atoms with Gasteiger partial charge in [0.05, 0.1) is 4.90 Å². The third-order valence-electron chi connectivity index (χ3n) is 5.67. The predicted molar refractivity (Wildman–Crippen MR) is 122 cm³/mol. The van der Waals surface area contributed by atoms with Crippen LogP contribution in [-0.4, -0.2) is 46.5 Å². The number of ether oxygens (including phenoxy) is 2. The zero-order valence-corrected chi connectivity index (χ0v) is 18.9. The van der Waals surface area contributed by atoms with Crippen LogP contribution in [0.4, 0.5) is 5.69 Å². The molecule has 1 fully saturated rings. The molecule has 1 aliphatic heterocycles. The first-order valence-corrected chi connectivity index (χ1v) is 12.5. The number of hydrogen-bond donors (Lipinski definition) is 3. The van der Waals surface area contributed by atoms with Crippen LogP contribution < -0.4 is 24.8 Å². The number of benzene rings is 2. The highest BCUT2D eigenvalue weighted by Gasteiger charge is 2.23. The summed E-state index contributed by atoms with van der Waals surface area (Å²) in [5.74, 6) is 0.660. The Morgan fingerprint density at radius 2 is 1.61 bits per heavy atom. The van der Waals surface area contributed by atoms with Crippen LogP contribution in [0.1, 0.15) is 36.0 Å². The third kappa shape index (κ3) is 5.82.